The van der Waals surface area contributed by atoms with E-state index in [2.05, 4.69) is 58.5 Å². The number of nitrogens with one attached hydrogen (secondary N) is 1. The number of hydrogen-bond donors (Lipinski definition) is 1. The average Bonchev–Trinajstić information content (AvgIpc) is 2.78. The summed E-state index contributed by atoms with van der Waals surface area (Å²) in [7, 11) is -3.07. The molecule has 0 bridgehead atoms. The molecule has 0 saturated carbocycles. The van der Waals surface area contributed by atoms with Crippen molar-refractivity contribution in [3.63, 3.8) is 0 Å². The fraction of sp³-hybridized carbons (Fsp3) is 0.609. The summed E-state index contributed by atoms with van der Waals surface area (Å²) < 4.78 is 25.0. The minimum atomic E-state index is -3.07. The first kappa shape index (κ1) is 23.8. The standard InChI is InChI=1S/C23H37N5O2S/c1-3-24-23(25-20-22-11-14-28(15-12-22)31(2,29)30)27-18-16-26(17-19-27)13-7-10-21-8-5-4-6-9-21/h4-10,22H,3,11-20H2,1-2H3,(H,24,25)/b10-7+. The third-order valence-corrected chi connectivity index (χ3v) is 7.33. The second kappa shape index (κ2) is 11.6. The second-order valence-electron chi connectivity index (χ2n) is 8.40. The summed E-state index contributed by atoms with van der Waals surface area (Å²) in [6.45, 7) is 9.91. The SMILES string of the molecule is CCNC(=NCC1CCN(S(C)(=O)=O)CC1)N1CCN(C/C=C/c2ccccc2)CC1. The predicted molar refractivity (Wildman–Crippen MR) is 129 cm³/mol. The summed E-state index contributed by atoms with van der Waals surface area (Å²) in [5.74, 6) is 1.45. The van der Waals surface area contributed by atoms with Crippen molar-refractivity contribution in [2.75, 3.05) is 65.2 Å². The highest BCUT2D eigenvalue weighted by molar-refractivity contribution is 7.88. The smallest absolute Gasteiger partial charge is 0.211 e. The van der Waals surface area contributed by atoms with E-state index in [9.17, 15) is 8.42 Å². The second-order valence-corrected chi connectivity index (χ2v) is 10.4. The Morgan fingerprint density at radius 1 is 1.10 bits per heavy atom. The zero-order chi connectivity index (χ0) is 22.1. The molecule has 2 aliphatic rings. The van der Waals surface area contributed by atoms with E-state index >= 15 is 0 Å². The van der Waals surface area contributed by atoms with Gasteiger partial charge in [-0.15, -0.1) is 0 Å². The summed E-state index contributed by atoms with van der Waals surface area (Å²) >= 11 is 0. The van der Waals surface area contributed by atoms with Crippen molar-refractivity contribution in [1.29, 1.82) is 0 Å². The van der Waals surface area contributed by atoms with Crippen LogP contribution >= 0.6 is 0 Å². The molecule has 0 amide bonds. The van der Waals surface area contributed by atoms with Crippen LogP contribution in [0.2, 0.25) is 0 Å². The Labute approximate surface area is 187 Å². The van der Waals surface area contributed by atoms with Crippen LogP contribution in [0.1, 0.15) is 25.3 Å². The lowest BCUT2D eigenvalue weighted by atomic mass is 9.98. The van der Waals surface area contributed by atoms with Crippen LogP contribution in [0.25, 0.3) is 6.08 Å². The van der Waals surface area contributed by atoms with Crippen LogP contribution in [0.15, 0.2) is 41.4 Å². The molecule has 3 rings (SSSR count). The van der Waals surface area contributed by atoms with E-state index in [0.717, 1.165) is 64.6 Å². The number of piperazine rings is 1. The first-order valence-corrected chi connectivity index (χ1v) is 13.2. The molecule has 0 atom stereocenters. The first-order valence-electron chi connectivity index (χ1n) is 11.4. The molecule has 2 saturated heterocycles. The van der Waals surface area contributed by atoms with Crippen LogP contribution in [0.4, 0.5) is 0 Å². The van der Waals surface area contributed by atoms with Gasteiger partial charge in [-0.05, 0) is 31.2 Å². The van der Waals surface area contributed by atoms with Gasteiger partial charge in [-0.3, -0.25) is 9.89 Å². The third-order valence-electron chi connectivity index (χ3n) is 6.02. The largest absolute Gasteiger partial charge is 0.357 e. The van der Waals surface area contributed by atoms with Crippen LogP contribution in [0.3, 0.4) is 0 Å². The van der Waals surface area contributed by atoms with Gasteiger partial charge in [0.2, 0.25) is 10.0 Å². The van der Waals surface area contributed by atoms with Crippen LogP contribution in [-0.4, -0.2) is 93.6 Å². The van der Waals surface area contributed by atoms with Gasteiger partial charge in [0.05, 0.1) is 6.26 Å². The van der Waals surface area contributed by atoms with Gasteiger partial charge in [-0.2, -0.15) is 0 Å². The summed E-state index contributed by atoms with van der Waals surface area (Å²) in [6.07, 6.45) is 7.50. The maximum absolute atomic E-state index is 11.7. The summed E-state index contributed by atoms with van der Waals surface area (Å²) in [5.41, 5.74) is 1.24. The molecule has 0 radical (unpaired) electrons. The number of nitrogens with zero attached hydrogens (tertiary/aromatic N) is 4. The highest BCUT2D eigenvalue weighted by Gasteiger charge is 2.25. The molecule has 0 aromatic heterocycles. The normalized spacial score (nSPS) is 20.5. The van der Waals surface area contributed by atoms with Gasteiger partial charge >= 0.3 is 0 Å². The predicted octanol–water partition coefficient (Wildman–Crippen LogP) is 1.95. The Hall–Kier alpha value is -1.90. The average molecular weight is 448 g/mol. The Morgan fingerprint density at radius 2 is 1.77 bits per heavy atom. The van der Waals surface area contributed by atoms with Crippen molar-refractivity contribution in [3.8, 4) is 0 Å². The quantitative estimate of drug-likeness (QED) is 0.511. The van der Waals surface area contributed by atoms with E-state index in [1.54, 1.807) is 4.31 Å². The molecule has 2 fully saturated rings. The molecular weight excluding hydrogens is 410 g/mol. The number of aliphatic imine (C=N–C) groups is 1. The molecular formula is C23H37N5O2S. The Morgan fingerprint density at radius 3 is 2.39 bits per heavy atom. The number of benzene rings is 1. The molecule has 7 nitrogen and oxygen atoms in total. The van der Waals surface area contributed by atoms with Gasteiger partial charge in [-0.25, -0.2) is 12.7 Å². The van der Waals surface area contributed by atoms with Crippen molar-refractivity contribution >= 4 is 22.1 Å². The van der Waals surface area contributed by atoms with Gasteiger partial charge in [0.1, 0.15) is 0 Å². The molecule has 1 aromatic rings. The third kappa shape index (κ3) is 7.63. The Bertz CT molecular complexity index is 825. The molecule has 8 heteroatoms. The van der Waals surface area contributed by atoms with Crippen LogP contribution in [-0.2, 0) is 10.0 Å². The van der Waals surface area contributed by atoms with Crippen LogP contribution in [0.5, 0.6) is 0 Å². The van der Waals surface area contributed by atoms with Crippen molar-refractivity contribution < 1.29 is 8.42 Å². The van der Waals surface area contributed by atoms with Crippen LogP contribution in [0, 0.1) is 5.92 Å². The summed E-state index contributed by atoms with van der Waals surface area (Å²) in [5, 5.41) is 3.44. The Balaban J connectivity index is 1.45. The summed E-state index contributed by atoms with van der Waals surface area (Å²) in [6, 6.07) is 10.4. The topological polar surface area (TPSA) is 68.2 Å². The fourth-order valence-corrected chi connectivity index (χ4v) is 4.98. The lowest BCUT2D eigenvalue weighted by molar-refractivity contribution is 0.194. The highest BCUT2D eigenvalue weighted by atomic mass is 32.2. The molecule has 1 N–H and O–H groups in total. The minimum absolute atomic E-state index is 0.455. The molecule has 2 aliphatic heterocycles. The van der Waals surface area contributed by atoms with Gasteiger partial charge in [0.25, 0.3) is 0 Å². The fourth-order valence-electron chi connectivity index (χ4n) is 4.11. The van der Waals surface area contributed by atoms with E-state index < -0.39 is 10.0 Å². The molecule has 2 heterocycles. The zero-order valence-corrected chi connectivity index (χ0v) is 19.7. The van der Waals surface area contributed by atoms with Crippen LogP contribution < -0.4 is 5.32 Å². The number of piperidine rings is 1. The summed E-state index contributed by atoms with van der Waals surface area (Å²) in [4.78, 5) is 9.73. The van der Waals surface area contributed by atoms with E-state index in [1.807, 2.05) is 6.07 Å². The molecule has 172 valence electrons. The van der Waals surface area contributed by atoms with Gasteiger partial charge in [-0.1, -0.05) is 42.5 Å². The monoisotopic (exact) mass is 447 g/mol. The van der Waals surface area contributed by atoms with Crippen molar-refractivity contribution in [3.05, 3.63) is 42.0 Å². The molecule has 31 heavy (non-hydrogen) atoms. The number of sulfonamides is 1. The zero-order valence-electron chi connectivity index (χ0n) is 18.9. The highest BCUT2D eigenvalue weighted by Crippen LogP contribution is 2.19. The minimum Gasteiger partial charge on any atom is -0.357 e. The number of hydrogen-bond acceptors (Lipinski definition) is 4. The maximum atomic E-state index is 11.7. The molecule has 0 spiro atoms. The van der Waals surface area contributed by atoms with Gasteiger partial charge in [0, 0.05) is 58.9 Å². The molecule has 1 aromatic carbocycles. The Kier molecular flexibility index (Phi) is 8.92. The molecule has 0 aliphatic carbocycles. The van der Waals surface area contributed by atoms with E-state index in [0.29, 0.717) is 19.0 Å². The maximum Gasteiger partial charge on any atom is 0.211 e. The van der Waals surface area contributed by atoms with E-state index in [4.69, 9.17) is 4.99 Å². The first-order chi connectivity index (χ1) is 15.0. The number of rotatable bonds is 7. The lowest BCUT2D eigenvalue weighted by Crippen LogP contribution is -2.52. The lowest BCUT2D eigenvalue weighted by Gasteiger charge is -2.36. The van der Waals surface area contributed by atoms with Crippen molar-refractivity contribution in [1.82, 2.24) is 19.4 Å². The van der Waals surface area contributed by atoms with Crippen molar-refractivity contribution in [2.45, 2.75) is 19.8 Å². The van der Waals surface area contributed by atoms with E-state index in [-0.39, 0.29) is 0 Å². The van der Waals surface area contributed by atoms with Crippen molar-refractivity contribution in [2.24, 2.45) is 10.9 Å². The van der Waals surface area contributed by atoms with Gasteiger partial charge < -0.3 is 10.2 Å². The van der Waals surface area contributed by atoms with Gasteiger partial charge in [0.15, 0.2) is 5.96 Å². The molecule has 0 unspecified atom stereocenters. The van der Waals surface area contributed by atoms with E-state index in [1.165, 1.54) is 11.8 Å². The number of guanidine groups is 1.